The van der Waals surface area contributed by atoms with Gasteiger partial charge in [0.05, 0.1) is 11.3 Å². The summed E-state index contributed by atoms with van der Waals surface area (Å²) in [7, 11) is 0. The van der Waals surface area contributed by atoms with Crippen molar-refractivity contribution in [3.8, 4) is 11.1 Å². The predicted octanol–water partition coefficient (Wildman–Crippen LogP) is 5.48. The maximum absolute atomic E-state index is 6.49. The second-order valence-corrected chi connectivity index (χ2v) is 6.17. The quantitative estimate of drug-likeness (QED) is 0.578. The third-order valence-corrected chi connectivity index (χ3v) is 4.21. The molecule has 108 valence electrons. The zero-order valence-corrected chi connectivity index (χ0v) is 13.7. The minimum absolute atomic E-state index is 0.283. The molecule has 0 saturated carbocycles. The molecule has 0 fully saturated rings. The molecule has 0 aliphatic carbocycles. The molecule has 0 saturated heterocycles. The molecule has 6 heteroatoms. The largest absolute Gasteiger partial charge is 0.216 e. The molecular weight excluding hydrogens is 329 g/mol. The highest BCUT2D eigenvalue weighted by Gasteiger charge is 2.18. The van der Waals surface area contributed by atoms with Gasteiger partial charge in [-0.15, -0.1) is 0 Å². The van der Waals surface area contributed by atoms with Crippen LogP contribution in [-0.4, -0.2) is 14.6 Å². The van der Waals surface area contributed by atoms with Gasteiger partial charge in [0.2, 0.25) is 0 Å². The first kappa shape index (κ1) is 14.6. The van der Waals surface area contributed by atoms with Crippen molar-refractivity contribution in [3.05, 3.63) is 51.4 Å². The maximum atomic E-state index is 6.49. The Hall–Kier alpha value is -1.29. The van der Waals surface area contributed by atoms with E-state index in [0.29, 0.717) is 26.5 Å². The summed E-state index contributed by atoms with van der Waals surface area (Å²) in [4.78, 5) is 4.38. The fourth-order valence-electron chi connectivity index (χ4n) is 2.13. The van der Waals surface area contributed by atoms with Gasteiger partial charge in [0, 0.05) is 16.7 Å². The fourth-order valence-corrected chi connectivity index (χ4v) is 3.00. The first-order chi connectivity index (χ1) is 9.99. The van der Waals surface area contributed by atoms with Crippen LogP contribution in [0.25, 0.3) is 16.8 Å². The van der Waals surface area contributed by atoms with Crippen molar-refractivity contribution in [2.75, 3.05) is 0 Å². The second kappa shape index (κ2) is 5.48. The maximum Gasteiger partial charge on any atom is 0.158 e. The highest BCUT2D eigenvalue weighted by molar-refractivity contribution is 6.40. The molecule has 3 rings (SSSR count). The van der Waals surface area contributed by atoms with E-state index in [-0.39, 0.29) is 5.92 Å². The van der Waals surface area contributed by atoms with Crippen molar-refractivity contribution in [3.63, 3.8) is 0 Å². The van der Waals surface area contributed by atoms with E-state index in [1.807, 2.05) is 24.3 Å². The average molecular weight is 341 g/mol. The van der Waals surface area contributed by atoms with Crippen LogP contribution in [0.4, 0.5) is 0 Å². The molecule has 3 nitrogen and oxygen atoms in total. The predicted molar refractivity (Wildman–Crippen MR) is 87.5 cm³/mol. The van der Waals surface area contributed by atoms with E-state index < -0.39 is 0 Å². The van der Waals surface area contributed by atoms with Gasteiger partial charge in [0.25, 0.3) is 0 Å². The number of aromatic nitrogens is 3. The van der Waals surface area contributed by atoms with Gasteiger partial charge in [-0.25, -0.2) is 9.50 Å². The monoisotopic (exact) mass is 339 g/mol. The van der Waals surface area contributed by atoms with Crippen molar-refractivity contribution < 1.29 is 0 Å². The Morgan fingerprint density at radius 1 is 1.10 bits per heavy atom. The van der Waals surface area contributed by atoms with Crippen LogP contribution in [0.3, 0.4) is 0 Å². The van der Waals surface area contributed by atoms with Gasteiger partial charge in [0.15, 0.2) is 5.65 Å². The van der Waals surface area contributed by atoms with Crippen LogP contribution >= 0.6 is 34.8 Å². The zero-order valence-electron chi connectivity index (χ0n) is 11.4. The Kier molecular flexibility index (Phi) is 3.82. The first-order valence-corrected chi connectivity index (χ1v) is 7.62. The van der Waals surface area contributed by atoms with Crippen LogP contribution in [0.1, 0.15) is 25.5 Å². The molecule has 0 radical (unpaired) electrons. The summed E-state index contributed by atoms with van der Waals surface area (Å²) in [5, 5.41) is 5.78. The molecule has 0 N–H and O–H groups in total. The minimum Gasteiger partial charge on any atom is -0.216 e. The molecule has 2 heterocycles. The number of benzene rings is 1. The van der Waals surface area contributed by atoms with E-state index in [9.17, 15) is 0 Å². The highest BCUT2D eigenvalue weighted by atomic mass is 35.5. The molecule has 0 unspecified atom stereocenters. The van der Waals surface area contributed by atoms with Crippen molar-refractivity contribution in [1.29, 1.82) is 0 Å². The Balaban J connectivity index is 2.31. The lowest BCUT2D eigenvalue weighted by Crippen LogP contribution is -1.98. The van der Waals surface area contributed by atoms with Crippen LogP contribution in [-0.2, 0) is 0 Å². The van der Waals surface area contributed by atoms with Crippen molar-refractivity contribution in [2.45, 2.75) is 19.8 Å². The average Bonchev–Trinajstić information content (AvgIpc) is 2.85. The van der Waals surface area contributed by atoms with Gasteiger partial charge in [-0.3, -0.25) is 0 Å². The summed E-state index contributed by atoms with van der Waals surface area (Å²) in [5.41, 5.74) is 2.88. The molecule has 0 amide bonds. The molecule has 2 aromatic heterocycles. The Bertz CT molecular complexity index is 824. The molecule has 0 bridgehead atoms. The molecule has 1 aromatic carbocycles. The molecule has 0 aliphatic rings. The van der Waals surface area contributed by atoms with Gasteiger partial charge in [-0.2, -0.15) is 5.10 Å². The summed E-state index contributed by atoms with van der Waals surface area (Å²) in [6, 6.07) is 9.26. The van der Waals surface area contributed by atoms with Crippen LogP contribution in [0.5, 0.6) is 0 Å². The summed E-state index contributed by atoms with van der Waals surface area (Å²) in [6.45, 7) is 4.12. The number of hydrogen-bond donors (Lipinski definition) is 0. The Morgan fingerprint density at radius 2 is 1.81 bits per heavy atom. The van der Waals surface area contributed by atoms with E-state index in [1.54, 1.807) is 10.6 Å². The lowest BCUT2D eigenvalue weighted by atomic mass is 10.1. The van der Waals surface area contributed by atoms with Gasteiger partial charge in [0.1, 0.15) is 10.3 Å². The Labute approximate surface area is 137 Å². The summed E-state index contributed by atoms with van der Waals surface area (Å²) < 4.78 is 1.60. The van der Waals surface area contributed by atoms with Crippen molar-refractivity contribution in [2.24, 2.45) is 0 Å². The van der Waals surface area contributed by atoms with E-state index in [1.165, 1.54) is 0 Å². The topological polar surface area (TPSA) is 30.2 Å². The van der Waals surface area contributed by atoms with Crippen LogP contribution < -0.4 is 0 Å². The number of nitrogens with zero attached hydrogens (tertiary/aromatic N) is 3. The van der Waals surface area contributed by atoms with Gasteiger partial charge >= 0.3 is 0 Å². The highest BCUT2D eigenvalue weighted by Crippen LogP contribution is 2.38. The van der Waals surface area contributed by atoms with Crippen molar-refractivity contribution >= 4 is 40.4 Å². The summed E-state index contributed by atoms with van der Waals surface area (Å²) >= 11 is 19.0. The van der Waals surface area contributed by atoms with Gasteiger partial charge < -0.3 is 0 Å². The first-order valence-electron chi connectivity index (χ1n) is 6.48. The lowest BCUT2D eigenvalue weighted by Gasteiger charge is -2.09. The van der Waals surface area contributed by atoms with Crippen LogP contribution in [0.2, 0.25) is 15.3 Å². The lowest BCUT2D eigenvalue weighted by molar-refractivity contribution is 0.787. The molecule has 21 heavy (non-hydrogen) atoms. The third-order valence-electron chi connectivity index (χ3n) is 3.26. The number of rotatable bonds is 2. The van der Waals surface area contributed by atoms with Gasteiger partial charge in [-0.1, -0.05) is 66.8 Å². The van der Waals surface area contributed by atoms with Crippen LogP contribution in [0.15, 0.2) is 30.3 Å². The summed E-state index contributed by atoms with van der Waals surface area (Å²) in [6.07, 6.45) is 0. The molecular formula is C15H12Cl3N3. The normalized spacial score (nSPS) is 11.5. The van der Waals surface area contributed by atoms with E-state index in [2.05, 4.69) is 23.9 Å². The van der Waals surface area contributed by atoms with Gasteiger partial charge in [-0.05, 0) is 12.0 Å². The van der Waals surface area contributed by atoms with Crippen LogP contribution in [0, 0.1) is 0 Å². The van der Waals surface area contributed by atoms with E-state index in [4.69, 9.17) is 34.8 Å². The molecule has 0 aliphatic heterocycles. The molecule has 0 spiro atoms. The number of halogens is 3. The molecule has 3 aromatic rings. The smallest absolute Gasteiger partial charge is 0.158 e. The summed E-state index contributed by atoms with van der Waals surface area (Å²) in [5.74, 6) is 0.283. The zero-order chi connectivity index (χ0) is 15.1. The minimum atomic E-state index is 0.283. The third kappa shape index (κ3) is 2.50. The standard InChI is InChI=1S/C15H12Cl3N3/c1-8(2)11-7-12-19-14(17)13(15(18)21(12)20-11)9-5-3-4-6-10(9)16/h3-8H,1-2H3. The number of fused-ring (bicyclic) bond motifs is 1. The molecule has 0 atom stereocenters. The van der Waals surface area contributed by atoms with E-state index >= 15 is 0 Å². The second-order valence-electron chi connectivity index (χ2n) is 5.04. The SMILES string of the molecule is CC(C)c1cc2nc(Cl)c(-c3ccccc3Cl)c(Cl)n2n1. The fraction of sp³-hybridized carbons (Fsp3) is 0.200. The number of hydrogen-bond acceptors (Lipinski definition) is 2. The Morgan fingerprint density at radius 3 is 2.48 bits per heavy atom. The van der Waals surface area contributed by atoms with Crippen molar-refractivity contribution in [1.82, 2.24) is 14.6 Å². The van der Waals surface area contributed by atoms with E-state index in [0.717, 1.165) is 11.3 Å².